The van der Waals surface area contributed by atoms with Gasteiger partial charge in [-0.2, -0.15) is 0 Å². The Bertz CT molecular complexity index is 1190. The Labute approximate surface area is 274 Å². The van der Waals surface area contributed by atoms with E-state index >= 15 is 0 Å². The van der Waals surface area contributed by atoms with Crippen molar-refractivity contribution in [3.05, 3.63) is 23.8 Å². The Kier molecular flexibility index (Phi) is 11.2. The van der Waals surface area contributed by atoms with E-state index in [2.05, 4.69) is 25.4 Å². The second kappa shape index (κ2) is 15.5. The molecule has 7 rings (SSSR count). The number of aromatic hydroxyl groups is 1. The summed E-state index contributed by atoms with van der Waals surface area (Å²) in [5.74, 6) is 3.20. The molecule has 0 amide bonds. The van der Waals surface area contributed by atoms with Gasteiger partial charge in [0.05, 0.1) is 12.8 Å². The van der Waals surface area contributed by atoms with Gasteiger partial charge in [-0.1, -0.05) is 6.07 Å². The summed E-state index contributed by atoms with van der Waals surface area (Å²) >= 11 is 0. The van der Waals surface area contributed by atoms with Crippen LogP contribution in [0.2, 0.25) is 0 Å². The molecule has 1 aromatic carbocycles. The normalized spacial score (nSPS) is 32.7. The van der Waals surface area contributed by atoms with E-state index < -0.39 is 12.2 Å². The van der Waals surface area contributed by atoms with Crippen LogP contribution in [0.4, 0.5) is 0 Å². The van der Waals surface area contributed by atoms with Crippen molar-refractivity contribution in [2.45, 2.75) is 95.5 Å². The Morgan fingerprint density at radius 3 is 2.78 bits per heavy atom. The summed E-state index contributed by atoms with van der Waals surface area (Å²) in [6.07, 6.45) is 7.92. The zero-order chi connectivity index (χ0) is 32.0. The summed E-state index contributed by atoms with van der Waals surface area (Å²) in [6, 6.07) is 6.14. The van der Waals surface area contributed by atoms with Crippen molar-refractivity contribution < 1.29 is 24.5 Å². The first-order valence-corrected chi connectivity index (χ1v) is 17.8. The molecule has 0 spiro atoms. The number of benzene rings is 1. The van der Waals surface area contributed by atoms with E-state index in [1.54, 1.807) is 6.07 Å². The zero-order valence-corrected chi connectivity index (χ0v) is 27.6. The lowest BCUT2D eigenvalue weighted by atomic mass is 9.72. The highest BCUT2D eigenvalue weighted by Crippen LogP contribution is 2.41. The van der Waals surface area contributed by atoms with Crippen LogP contribution in [0.3, 0.4) is 0 Å². The number of fused-ring (bicyclic) bond motifs is 5. The number of carbonyl (C=O) groups is 1. The first-order valence-electron chi connectivity index (χ1n) is 17.8. The van der Waals surface area contributed by atoms with E-state index in [4.69, 9.17) is 15.2 Å². The van der Waals surface area contributed by atoms with Gasteiger partial charge in [0.25, 0.3) is 0 Å². The summed E-state index contributed by atoms with van der Waals surface area (Å²) in [6.45, 7) is 9.23. The highest BCUT2D eigenvalue weighted by molar-refractivity contribution is 5.77. The average molecular weight is 641 g/mol. The highest BCUT2D eigenvalue weighted by Gasteiger charge is 2.44. The Morgan fingerprint density at radius 1 is 1.11 bits per heavy atom. The molecule has 6 heterocycles. The van der Waals surface area contributed by atoms with Gasteiger partial charge in [0.15, 0.2) is 17.5 Å². The number of aryl methyl sites for hydroxylation is 1. The number of phenolic OH excluding ortho intramolecular Hbond substituents is 1. The molecule has 46 heavy (non-hydrogen) atoms. The molecule has 9 atom stereocenters. The van der Waals surface area contributed by atoms with Crippen LogP contribution in [0.1, 0.15) is 70.3 Å². The van der Waals surface area contributed by atoms with Crippen molar-refractivity contribution in [2.24, 2.45) is 34.4 Å². The van der Waals surface area contributed by atoms with Crippen LogP contribution in [-0.2, 0) is 16.0 Å². The molecular weight excluding hydrogens is 584 g/mol. The summed E-state index contributed by atoms with van der Waals surface area (Å²) in [4.78, 5) is 22.0. The van der Waals surface area contributed by atoms with Crippen molar-refractivity contribution in [3.8, 4) is 11.5 Å². The van der Waals surface area contributed by atoms with Crippen molar-refractivity contribution in [1.82, 2.24) is 20.4 Å². The fourth-order valence-electron chi connectivity index (χ4n) is 8.92. The molecule has 0 aliphatic carbocycles. The molecule has 0 saturated carbocycles. The number of nitrogens with two attached hydrogens (primary N) is 1. The number of rotatable bonds is 11. The lowest BCUT2D eigenvalue weighted by molar-refractivity contribution is -0.148. The number of nitrogens with zero attached hydrogens (tertiary/aromatic N) is 3. The SMILES string of the molecule is CC(=O)OC(CCc1ccc(O)c(OC2CCNCC2)c1)CC(O)CCC1CNC(N)=NCN2CC3CC(C2)C2CCC1CN2C3. The molecule has 1 aromatic rings. The van der Waals surface area contributed by atoms with Gasteiger partial charge in [0.1, 0.15) is 12.2 Å². The van der Waals surface area contributed by atoms with Crippen LogP contribution in [0, 0.1) is 23.7 Å². The molecule has 11 nitrogen and oxygen atoms in total. The van der Waals surface area contributed by atoms with E-state index in [0.29, 0.717) is 67.9 Å². The number of hydrogen-bond donors (Lipinski definition) is 5. The predicted octanol–water partition coefficient (Wildman–Crippen LogP) is 2.44. The lowest BCUT2D eigenvalue weighted by Gasteiger charge is -2.54. The third kappa shape index (κ3) is 8.85. The molecule has 4 saturated heterocycles. The van der Waals surface area contributed by atoms with E-state index in [1.165, 1.54) is 32.7 Å². The van der Waals surface area contributed by atoms with Crippen LogP contribution in [0.15, 0.2) is 23.2 Å². The minimum absolute atomic E-state index is 0.0887. The highest BCUT2D eigenvalue weighted by atomic mass is 16.5. The second-order valence-corrected chi connectivity index (χ2v) is 14.7. The van der Waals surface area contributed by atoms with Crippen LogP contribution in [-0.4, -0.2) is 109 Å². The number of aliphatic hydroxyl groups is 1. The van der Waals surface area contributed by atoms with Crippen LogP contribution in [0.25, 0.3) is 0 Å². The minimum atomic E-state index is -0.575. The minimum Gasteiger partial charge on any atom is -0.504 e. The maximum Gasteiger partial charge on any atom is 0.302 e. The van der Waals surface area contributed by atoms with Crippen molar-refractivity contribution in [1.29, 1.82) is 0 Å². The van der Waals surface area contributed by atoms with Crippen LogP contribution >= 0.6 is 0 Å². The van der Waals surface area contributed by atoms with Gasteiger partial charge >= 0.3 is 5.97 Å². The number of esters is 1. The third-order valence-electron chi connectivity index (χ3n) is 11.2. The molecule has 6 aliphatic rings. The molecule has 6 N–H and O–H groups in total. The molecule has 256 valence electrons. The van der Waals surface area contributed by atoms with Gasteiger partial charge in [0.2, 0.25) is 0 Å². The molecule has 11 heteroatoms. The van der Waals surface area contributed by atoms with Gasteiger partial charge < -0.3 is 36.1 Å². The fourth-order valence-corrected chi connectivity index (χ4v) is 8.92. The van der Waals surface area contributed by atoms with Gasteiger partial charge in [-0.15, -0.1) is 0 Å². The smallest absolute Gasteiger partial charge is 0.302 e. The lowest BCUT2D eigenvalue weighted by Crippen LogP contribution is -2.60. The summed E-state index contributed by atoms with van der Waals surface area (Å²) in [5.41, 5.74) is 7.33. The number of aliphatic hydroxyl groups excluding tert-OH is 1. The summed E-state index contributed by atoms with van der Waals surface area (Å²) in [7, 11) is 0. The van der Waals surface area contributed by atoms with E-state index in [9.17, 15) is 15.0 Å². The number of ether oxygens (including phenoxy) is 2. The Balaban J connectivity index is 1.04. The largest absolute Gasteiger partial charge is 0.504 e. The molecule has 6 bridgehead atoms. The molecular formula is C35H56N6O5. The number of nitrogens with one attached hydrogen (secondary N) is 2. The Morgan fingerprint density at radius 2 is 1.96 bits per heavy atom. The first kappa shape index (κ1) is 33.3. The molecule has 9 unspecified atom stereocenters. The van der Waals surface area contributed by atoms with E-state index in [0.717, 1.165) is 70.0 Å². The van der Waals surface area contributed by atoms with Crippen molar-refractivity contribution in [3.63, 3.8) is 0 Å². The maximum absolute atomic E-state index is 12.0. The van der Waals surface area contributed by atoms with Gasteiger partial charge in [-0.05, 0) is 112 Å². The number of aliphatic imine (C=N–C) groups is 1. The Hall–Kier alpha value is -2.60. The summed E-state index contributed by atoms with van der Waals surface area (Å²) < 4.78 is 11.8. The number of guanidine groups is 1. The quantitative estimate of drug-likeness (QED) is 0.229. The second-order valence-electron chi connectivity index (χ2n) is 14.7. The van der Waals surface area contributed by atoms with Crippen molar-refractivity contribution >= 4 is 11.9 Å². The average Bonchev–Trinajstić information content (AvgIpc) is 3.05. The van der Waals surface area contributed by atoms with Gasteiger partial charge in [0, 0.05) is 52.1 Å². The fraction of sp³-hybridized carbons (Fsp3) is 0.771. The number of phenols is 1. The third-order valence-corrected chi connectivity index (χ3v) is 11.2. The van der Waals surface area contributed by atoms with E-state index in [-0.39, 0.29) is 17.8 Å². The maximum atomic E-state index is 12.0. The molecule has 0 radical (unpaired) electrons. The van der Waals surface area contributed by atoms with Crippen LogP contribution < -0.4 is 21.1 Å². The topological polar surface area (TPSA) is 145 Å². The number of piperidine rings is 4. The standard InChI is InChI=1S/C35H56N6O5/c1-23(42)45-31(7-2-24-3-9-33(44)34(15-24)46-30-10-12-37-13-11-30)16-29(43)6-4-26-17-38-35(36)39-22-40-18-25-14-28(20-40)32-8-5-27(26)21-41(32)19-25/h3,9,15,25-32,37,43-44H,2,4-8,10-14,16-22H2,1H3,(H3,36,38,39). The monoisotopic (exact) mass is 640 g/mol. The number of hydrogen-bond acceptors (Lipinski definition) is 11. The molecule has 4 fully saturated rings. The number of carbonyl (C=O) groups excluding carboxylic acids is 1. The van der Waals surface area contributed by atoms with Crippen LogP contribution in [0.5, 0.6) is 11.5 Å². The zero-order valence-electron chi connectivity index (χ0n) is 27.6. The molecule has 0 aromatic heterocycles. The predicted molar refractivity (Wildman–Crippen MR) is 178 cm³/mol. The summed E-state index contributed by atoms with van der Waals surface area (Å²) in [5, 5.41) is 28.4. The molecule has 6 aliphatic heterocycles. The van der Waals surface area contributed by atoms with E-state index in [1.807, 2.05) is 12.1 Å². The first-order chi connectivity index (χ1) is 22.3. The van der Waals surface area contributed by atoms with Crippen molar-refractivity contribution in [2.75, 3.05) is 52.5 Å². The van der Waals surface area contributed by atoms with Gasteiger partial charge in [-0.3, -0.25) is 14.6 Å². The van der Waals surface area contributed by atoms with Gasteiger partial charge in [-0.25, -0.2) is 4.99 Å².